The number of hydrogen-bond acceptors (Lipinski definition) is 4. The normalized spacial score (nSPS) is 12.1. The van der Waals surface area contributed by atoms with Gasteiger partial charge in [0.05, 0.1) is 13.2 Å². The highest BCUT2D eigenvalue weighted by molar-refractivity contribution is 5.87. The number of ether oxygens (including phenoxy) is 1. The summed E-state index contributed by atoms with van der Waals surface area (Å²) in [5, 5.41) is 14.5. The van der Waals surface area contributed by atoms with Crippen molar-refractivity contribution < 1.29 is 14.6 Å². The van der Waals surface area contributed by atoms with Crippen molar-refractivity contribution in [1.82, 2.24) is 5.32 Å². The molecule has 1 atom stereocenters. The minimum atomic E-state index is -0.563. The second kappa shape index (κ2) is 9.30. The van der Waals surface area contributed by atoms with Crippen LogP contribution in [0.25, 0.3) is 0 Å². The molecule has 20 heavy (non-hydrogen) atoms. The lowest BCUT2D eigenvalue weighted by Gasteiger charge is -2.14. The first-order valence-electron chi connectivity index (χ1n) is 6.72. The molecule has 5 N–H and O–H groups in total. The van der Waals surface area contributed by atoms with Gasteiger partial charge >= 0.3 is 6.03 Å². The van der Waals surface area contributed by atoms with E-state index in [1.807, 2.05) is 24.3 Å². The van der Waals surface area contributed by atoms with Gasteiger partial charge in [-0.25, -0.2) is 4.79 Å². The fourth-order valence-corrected chi connectivity index (χ4v) is 1.77. The Morgan fingerprint density at radius 2 is 2.05 bits per heavy atom. The van der Waals surface area contributed by atoms with Crippen molar-refractivity contribution in [2.75, 3.05) is 31.7 Å². The van der Waals surface area contributed by atoms with E-state index in [1.165, 1.54) is 0 Å². The molecule has 0 bridgehead atoms. The fourth-order valence-electron chi connectivity index (χ4n) is 1.77. The molecule has 0 aromatic heterocycles. The van der Waals surface area contributed by atoms with E-state index in [1.54, 1.807) is 0 Å². The smallest absolute Gasteiger partial charge is 0.316 e. The third kappa shape index (κ3) is 6.51. The minimum absolute atomic E-state index is 0.0650. The van der Waals surface area contributed by atoms with Crippen LogP contribution >= 0.6 is 0 Å². The molecule has 0 saturated carbocycles. The van der Waals surface area contributed by atoms with Gasteiger partial charge in [0, 0.05) is 18.3 Å². The summed E-state index contributed by atoms with van der Waals surface area (Å²) in [5.74, 6) is 0. The zero-order chi connectivity index (χ0) is 14.8. The molecule has 0 heterocycles. The first-order chi connectivity index (χ1) is 9.63. The molecule has 1 rings (SSSR count). The van der Waals surface area contributed by atoms with Gasteiger partial charge in [-0.15, -0.1) is 0 Å². The Morgan fingerprint density at radius 3 is 2.65 bits per heavy atom. The molecule has 6 heteroatoms. The largest absolute Gasteiger partial charge is 0.394 e. The number of aliphatic hydroxyl groups is 1. The maximum atomic E-state index is 10.7. The van der Waals surface area contributed by atoms with Crippen LogP contribution in [0.2, 0.25) is 0 Å². The first-order valence-corrected chi connectivity index (χ1v) is 6.72. The monoisotopic (exact) mass is 281 g/mol. The summed E-state index contributed by atoms with van der Waals surface area (Å²) in [4.78, 5) is 10.7. The highest BCUT2D eigenvalue weighted by Gasteiger charge is 2.04. The van der Waals surface area contributed by atoms with Gasteiger partial charge in [0.2, 0.25) is 0 Å². The summed E-state index contributed by atoms with van der Waals surface area (Å²) >= 11 is 0. The van der Waals surface area contributed by atoms with Crippen LogP contribution in [0.15, 0.2) is 24.3 Å². The molecule has 6 nitrogen and oxygen atoms in total. The summed E-state index contributed by atoms with van der Waals surface area (Å²) in [6.45, 7) is 4.01. The quantitative estimate of drug-likeness (QED) is 0.512. The summed E-state index contributed by atoms with van der Waals surface area (Å²) in [7, 11) is 0. The molecule has 0 spiro atoms. The molecule has 0 aliphatic rings. The second-order valence-electron chi connectivity index (χ2n) is 4.48. The van der Waals surface area contributed by atoms with E-state index in [9.17, 15) is 4.79 Å². The molecule has 0 aliphatic carbocycles. The predicted molar refractivity (Wildman–Crippen MR) is 78.6 cm³/mol. The summed E-state index contributed by atoms with van der Waals surface area (Å²) in [6.07, 6.45) is 0.894. The minimum Gasteiger partial charge on any atom is -0.394 e. The standard InChI is InChI=1S/C14H23N3O3/c1-11(16-7-2-9-20-10-8-18)12-3-5-13(6-4-12)17-14(15)19/h3-6,11,16,18H,2,7-10H2,1H3,(H3,15,17,19). The maximum Gasteiger partial charge on any atom is 0.316 e. The van der Waals surface area contributed by atoms with Crippen LogP contribution in [0, 0.1) is 0 Å². The molecule has 0 aliphatic heterocycles. The van der Waals surface area contributed by atoms with Crippen molar-refractivity contribution in [1.29, 1.82) is 0 Å². The van der Waals surface area contributed by atoms with E-state index in [0.29, 0.717) is 18.9 Å². The fraction of sp³-hybridized carbons (Fsp3) is 0.500. The number of urea groups is 1. The number of nitrogens with one attached hydrogen (secondary N) is 2. The molecular weight excluding hydrogens is 258 g/mol. The van der Waals surface area contributed by atoms with E-state index in [4.69, 9.17) is 15.6 Å². The molecule has 1 aromatic rings. The molecule has 0 radical (unpaired) electrons. The highest BCUT2D eigenvalue weighted by atomic mass is 16.5. The van der Waals surface area contributed by atoms with E-state index in [2.05, 4.69) is 17.6 Å². The predicted octanol–water partition coefficient (Wildman–Crippen LogP) is 1.23. The Hall–Kier alpha value is -1.63. The lowest BCUT2D eigenvalue weighted by atomic mass is 10.1. The van der Waals surface area contributed by atoms with Crippen molar-refractivity contribution in [3.05, 3.63) is 29.8 Å². The Labute approximate surface area is 119 Å². The van der Waals surface area contributed by atoms with Crippen molar-refractivity contribution in [2.45, 2.75) is 19.4 Å². The Kier molecular flexibility index (Phi) is 7.64. The molecule has 0 saturated heterocycles. The van der Waals surface area contributed by atoms with Gasteiger partial charge in [0.15, 0.2) is 0 Å². The van der Waals surface area contributed by atoms with Gasteiger partial charge in [0.1, 0.15) is 0 Å². The zero-order valence-corrected chi connectivity index (χ0v) is 11.8. The van der Waals surface area contributed by atoms with Crippen LogP contribution in [-0.2, 0) is 4.74 Å². The number of benzene rings is 1. The van der Waals surface area contributed by atoms with Gasteiger partial charge in [-0.1, -0.05) is 12.1 Å². The number of anilines is 1. The first kappa shape index (κ1) is 16.4. The van der Waals surface area contributed by atoms with Crippen molar-refractivity contribution in [3.8, 4) is 0 Å². The summed E-state index contributed by atoms with van der Waals surface area (Å²) in [6, 6.07) is 7.20. The van der Waals surface area contributed by atoms with Crippen LogP contribution in [0.3, 0.4) is 0 Å². The van der Waals surface area contributed by atoms with Crippen LogP contribution in [0.4, 0.5) is 10.5 Å². The molecule has 0 fully saturated rings. The van der Waals surface area contributed by atoms with Gasteiger partial charge in [-0.05, 0) is 37.6 Å². The second-order valence-corrected chi connectivity index (χ2v) is 4.48. The van der Waals surface area contributed by atoms with Crippen LogP contribution in [-0.4, -0.2) is 37.5 Å². The van der Waals surface area contributed by atoms with Crippen molar-refractivity contribution >= 4 is 11.7 Å². The Morgan fingerprint density at radius 1 is 1.35 bits per heavy atom. The van der Waals surface area contributed by atoms with Gasteiger partial charge in [-0.2, -0.15) is 0 Å². The molecule has 112 valence electrons. The summed E-state index contributed by atoms with van der Waals surface area (Å²) < 4.78 is 5.18. The number of aliphatic hydroxyl groups excluding tert-OH is 1. The maximum absolute atomic E-state index is 10.7. The number of hydrogen-bond donors (Lipinski definition) is 4. The SMILES string of the molecule is CC(NCCCOCCO)c1ccc(NC(N)=O)cc1. The molecule has 2 amide bonds. The topological polar surface area (TPSA) is 96.6 Å². The number of nitrogens with two attached hydrogens (primary N) is 1. The van der Waals surface area contributed by atoms with E-state index >= 15 is 0 Å². The number of carbonyl (C=O) groups excluding carboxylic acids is 1. The molecule has 1 unspecified atom stereocenters. The van der Waals surface area contributed by atoms with Crippen LogP contribution in [0.5, 0.6) is 0 Å². The molecule has 1 aromatic carbocycles. The number of rotatable bonds is 9. The van der Waals surface area contributed by atoms with Gasteiger partial charge < -0.3 is 26.2 Å². The van der Waals surface area contributed by atoms with E-state index in [-0.39, 0.29) is 12.6 Å². The Balaban J connectivity index is 2.28. The van der Waals surface area contributed by atoms with Gasteiger partial charge in [0.25, 0.3) is 0 Å². The lowest BCUT2D eigenvalue weighted by molar-refractivity contribution is 0.0904. The number of primary amides is 1. The highest BCUT2D eigenvalue weighted by Crippen LogP contribution is 2.15. The van der Waals surface area contributed by atoms with Crippen molar-refractivity contribution in [3.63, 3.8) is 0 Å². The van der Waals surface area contributed by atoms with Crippen LogP contribution < -0.4 is 16.4 Å². The lowest BCUT2D eigenvalue weighted by Crippen LogP contribution is -2.21. The van der Waals surface area contributed by atoms with E-state index in [0.717, 1.165) is 18.5 Å². The molecular formula is C14H23N3O3. The van der Waals surface area contributed by atoms with Gasteiger partial charge in [-0.3, -0.25) is 0 Å². The number of carbonyl (C=O) groups is 1. The summed E-state index contributed by atoms with van der Waals surface area (Å²) in [5.41, 5.74) is 6.87. The van der Waals surface area contributed by atoms with E-state index < -0.39 is 6.03 Å². The average molecular weight is 281 g/mol. The van der Waals surface area contributed by atoms with Crippen LogP contribution in [0.1, 0.15) is 24.9 Å². The average Bonchev–Trinajstić information content (AvgIpc) is 2.42. The third-order valence-corrected chi connectivity index (χ3v) is 2.83. The third-order valence-electron chi connectivity index (χ3n) is 2.83. The van der Waals surface area contributed by atoms with Crippen molar-refractivity contribution in [2.24, 2.45) is 5.73 Å². The Bertz CT molecular complexity index is 395. The zero-order valence-electron chi connectivity index (χ0n) is 11.8. The number of amides is 2.